The smallest absolute Gasteiger partial charge is 0.337 e. The predicted molar refractivity (Wildman–Crippen MR) is 173 cm³/mol. The summed E-state index contributed by atoms with van der Waals surface area (Å²) in [5.74, 6) is 4.86. The second-order valence-electron chi connectivity index (χ2n) is 12.6. The molecule has 0 saturated carbocycles. The number of fused-ring (bicyclic) bond motifs is 2. The molecule has 1 N–H and O–H groups in total. The van der Waals surface area contributed by atoms with E-state index in [1.807, 2.05) is 69.1 Å². The highest BCUT2D eigenvalue weighted by atomic mass is 19.1. The summed E-state index contributed by atoms with van der Waals surface area (Å²) < 4.78 is 31.4. The third-order valence-electron chi connectivity index (χ3n) is 8.26. The van der Waals surface area contributed by atoms with E-state index in [1.54, 1.807) is 25.6 Å². The fourth-order valence-corrected chi connectivity index (χ4v) is 6.11. The number of halogens is 1. The van der Waals surface area contributed by atoms with Crippen LogP contribution in [-0.2, 0) is 30.0 Å². The lowest BCUT2D eigenvalue weighted by Crippen LogP contribution is -2.28. The zero-order valence-corrected chi connectivity index (χ0v) is 27.0. The highest BCUT2D eigenvalue weighted by Crippen LogP contribution is 2.45. The number of rotatable bonds is 5. The molecule has 1 aliphatic heterocycles. The number of benzene rings is 1. The number of ether oxygens (including phenoxy) is 2. The Balaban J connectivity index is 1.62. The second kappa shape index (κ2) is 11.7. The van der Waals surface area contributed by atoms with E-state index >= 15 is 4.39 Å². The van der Waals surface area contributed by atoms with Gasteiger partial charge in [-0.25, -0.2) is 24.1 Å². The minimum atomic E-state index is -1.35. The monoisotopic (exact) mass is 621 g/mol. The van der Waals surface area contributed by atoms with Crippen LogP contribution in [0.3, 0.4) is 0 Å². The number of carboxylic acid groups (broad SMARTS) is 1. The SMILES string of the molecule is Cc1nc2c(cc(-c3ccnc(C#Cc4cncn4C)c3)n2C)c(-c2cc(F)c3c(c2C)CCCO3)c1C(OC(C)(C)C)C(=O)O. The molecule has 10 heteroatoms. The average Bonchev–Trinajstić information content (AvgIpc) is 3.57. The maximum atomic E-state index is 15.7. The van der Waals surface area contributed by atoms with Crippen LogP contribution in [0.1, 0.15) is 67.1 Å². The van der Waals surface area contributed by atoms with E-state index in [-0.39, 0.29) is 5.75 Å². The number of nitrogens with zero attached hydrogens (tertiary/aromatic N) is 5. The van der Waals surface area contributed by atoms with Gasteiger partial charge in [-0.3, -0.25) is 0 Å². The molecular formula is C36H36FN5O4. The summed E-state index contributed by atoms with van der Waals surface area (Å²) in [4.78, 5) is 26.3. The first-order valence-electron chi connectivity index (χ1n) is 15.1. The minimum Gasteiger partial charge on any atom is -0.490 e. The molecule has 236 valence electrons. The summed E-state index contributed by atoms with van der Waals surface area (Å²) in [6.07, 6.45) is 5.16. The molecule has 0 radical (unpaired) electrons. The minimum absolute atomic E-state index is 0.266. The topological polar surface area (TPSA) is 104 Å². The Hall–Kier alpha value is -5.01. The molecule has 1 atom stereocenters. The zero-order chi connectivity index (χ0) is 32.9. The van der Waals surface area contributed by atoms with Crippen molar-refractivity contribution in [3.8, 4) is 40.0 Å². The highest BCUT2D eigenvalue weighted by Gasteiger charge is 2.34. The van der Waals surface area contributed by atoms with E-state index in [4.69, 9.17) is 14.5 Å². The third kappa shape index (κ3) is 5.63. The molecule has 4 aromatic heterocycles. The molecule has 0 aliphatic carbocycles. The summed E-state index contributed by atoms with van der Waals surface area (Å²) in [6, 6.07) is 7.21. The van der Waals surface area contributed by atoms with Crippen molar-refractivity contribution in [2.45, 2.75) is 59.2 Å². The van der Waals surface area contributed by atoms with Crippen LogP contribution in [0, 0.1) is 31.5 Å². The molecule has 0 amide bonds. The molecule has 5 heterocycles. The van der Waals surface area contributed by atoms with Crippen molar-refractivity contribution in [3.63, 3.8) is 0 Å². The van der Waals surface area contributed by atoms with Crippen molar-refractivity contribution in [2.24, 2.45) is 14.1 Å². The molecule has 1 aromatic carbocycles. The lowest BCUT2D eigenvalue weighted by Gasteiger charge is -2.29. The van der Waals surface area contributed by atoms with Gasteiger partial charge in [0, 0.05) is 53.6 Å². The number of carbonyl (C=O) groups is 1. The highest BCUT2D eigenvalue weighted by molar-refractivity contribution is 6.01. The zero-order valence-electron chi connectivity index (χ0n) is 27.0. The van der Waals surface area contributed by atoms with Gasteiger partial charge in [0.25, 0.3) is 0 Å². The number of hydrogen-bond donors (Lipinski definition) is 1. The molecule has 9 nitrogen and oxygen atoms in total. The molecular weight excluding hydrogens is 585 g/mol. The van der Waals surface area contributed by atoms with Gasteiger partial charge >= 0.3 is 5.97 Å². The van der Waals surface area contributed by atoms with Crippen LogP contribution in [0.25, 0.3) is 33.4 Å². The van der Waals surface area contributed by atoms with Gasteiger partial charge < -0.3 is 23.7 Å². The Bertz CT molecular complexity index is 2080. The van der Waals surface area contributed by atoms with Crippen molar-refractivity contribution >= 4 is 17.0 Å². The van der Waals surface area contributed by atoms with E-state index in [0.29, 0.717) is 52.1 Å². The van der Waals surface area contributed by atoms with Crippen LogP contribution < -0.4 is 4.74 Å². The van der Waals surface area contributed by atoms with Gasteiger partial charge in [0.2, 0.25) is 0 Å². The lowest BCUT2D eigenvalue weighted by molar-refractivity contribution is -0.160. The standard InChI is InChI=1S/C36H36FN5O4/c1-20-25-9-8-14-45-32(25)28(37)16-26(20)31-27-17-29(22-12-13-39-23(15-22)10-11-24-18-38-19-41(24)6)42(7)34(27)40-21(2)30(31)33(35(43)44)46-36(3,4)5/h12-13,15-19,33H,8-9,14H2,1-7H3,(H,43,44). The molecule has 1 unspecified atom stereocenters. The van der Waals surface area contributed by atoms with Crippen molar-refractivity contribution in [1.29, 1.82) is 0 Å². The number of hydrogen-bond acceptors (Lipinski definition) is 6. The first-order valence-corrected chi connectivity index (χ1v) is 15.1. The summed E-state index contributed by atoms with van der Waals surface area (Å²) in [7, 11) is 3.78. The Morgan fingerprint density at radius 3 is 2.65 bits per heavy atom. The number of aryl methyl sites for hydroxylation is 3. The van der Waals surface area contributed by atoms with Crippen LogP contribution in [0.5, 0.6) is 5.75 Å². The predicted octanol–water partition coefficient (Wildman–Crippen LogP) is 6.46. The fraction of sp³-hybridized carbons (Fsp3) is 0.333. The summed E-state index contributed by atoms with van der Waals surface area (Å²) in [5, 5.41) is 11.2. The Morgan fingerprint density at radius 2 is 1.96 bits per heavy atom. The number of aromatic nitrogens is 5. The van der Waals surface area contributed by atoms with Gasteiger partial charge in [0.05, 0.1) is 30.4 Å². The van der Waals surface area contributed by atoms with Crippen LogP contribution in [0.2, 0.25) is 0 Å². The van der Waals surface area contributed by atoms with Gasteiger partial charge in [0.15, 0.2) is 17.7 Å². The normalized spacial score (nSPS) is 13.6. The largest absolute Gasteiger partial charge is 0.490 e. The molecule has 5 aromatic rings. The number of carboxylic acids is 1. The van der Waals surface area contributed by atoms with Gasteiger partial charge in [-0.2, -0.15) is 0 Å². The number of imidazole rings is 1. The molecule has 1 aliphatic rings. The fourth-order valence-electron chi connectivity index (χ4n) is 6.11. The summed E-state index contributed by atoms with van der Waals surface area (Å²) in [6.45, 7) is 9.60. The summed E-state index contributed by atoms with van der Waals surface area (Å²) in [5.41, 5.74) is 6.52. The van der Waals surface area contributed by atoms with Crippen molar-refractivity contribution in [3.05, 3.63) is 82.6 Å². The van der Waals surface area contributed by atoms with Crippen molar-refractivity contribution < 1.29 is 23.8 Å². The van der Waals surface area contributed by atoms with E-state index < -0.39 is 23.5 Å². The van der Waals surface area contributed by atoms with Gasteiger partial charge in [0.1, 0.15) is 17.0 Å². The van der Waals surface area contributed by atoms with Crippen molar-refractivity contribution in [2.75, 3.05) is 6.61 Å². The number of aliphatic carboxylic acids is 1. The van der Waals surface area contributed by atoms with Crippen LogP contribution in [0.4, 0.5) is 4.39 Å². The van der Waals surface area contributed by atoms with Gasteiger partial charge in [-0.15, -0.1) is 0 Å². The molecule has 6 rings (SSSR count). The molecule has 46 heavy (non-hydrogen) atoms. The molecule has 0 saturated heterocycles. The Morgan fingerprint density at radius 1 is 1.17 bits per heavy atom. The van der Waals surface area contributed by atoms with E-state index in [1.165, 1.54) is 6.07 Å². The van der Waals surface area contributed by atoms with Gasteiger partial charge in [-0.05, 0) is 94.7 Å². The van der Waals surface area contributed by atoms with E-state index in [0.717, 1.165) is 34.5 Å². The van der Waals surface area contributed by atoms with Crippen LogP contribution in [-0.4, -0.2) is 47.4 Å². The lowest BCUT2D eigenvalue weighted by atomic mass is 9.86. The van der Waals surface area contributed by atoms with Crippen LogP contribution in [0.15, 0.2) is 43.0 Å². The van der Waals surface area contributed by atoms with Crippen LogP contribution >= 0.6 is 0 Å². The maximum absolute atomic E-state index is 15.7. The molecule has 0 bridgehead atoms. The summed E-state index contributed by atoms with van der Waals surface area (Å²) >= 11 is 0. The second-order valence-corrected chi connectivity index (χ2v) is 12.6. The van der Waals surface area contributed by atoms with E-state index in [2.05, 4.69) is 21.8 Å². The average molecular weight is 622 g/mol. The third-order valence-corrected chi connectivity index (χ3v) is 8.26. The van der Waals surface area contributed by atoms with Gasteiger partial charge in [-0.1, -0.05) is 0 Å². The number of pyridine rings is 2. The quantitative estimate of drug-likeness (QED) is 0.225. The first-order chi connectivity index (χ1) is 21.8. The molecule has 0 fully saturated rings. The van der Waals surface area contributed by atoms with Crippen molar-refractivity contribution in [1.82, 2.24) is 24.1 Å². The Kier molecular flexibility index (Phi) is 7.90. The van der Waals surface area contributed by atoms with E-state index in [9.17, 15) is 9.90 Å². The molecule has 0 spiro atoms. The Labute approximate surface area is 267 Å². The first kappa shape index (κ1) is 31.0. The maximum Gasteiger partial charge on any atom is 0.337 e.